The maximum Gasteiger partial charge on any atom is 0.0721 e. The number of carboxylic acid groups (broad SMARTS) is 1. The van der Waals surface area contributed by atoms with E-state index in [1.807, 2.05) is 0 Å². The molecule has 1 N–H and O–H groups in total. The molecule has 0 heterocycles. The molecule has 0 spiro atoms. The molecule has 0 aromatic heterocycles. The van der Waals surface area contributed by atoms with E-state index in [4.69, 9.17) is 5.11 Å². The Morgan fingerprint density at radius 2 is 1.89 bits per heavy atom. The number of rotatable bonds is 3. The van der Waals surface area contributed by atoms with E-state index in [9.17, 15) is 9.90 Å². The lowest BCUT2D eigenvalue weighted by molar-refractivity contribution is -0.254. The minimum absolute atomic E-state index is 0.0546. The lowest BCUT2D eigenvalue weighted by Gasteiger charge is -2.12. The molecule has 0 saturated heterocycles. The van der Waals surface area contributed by atoms with Crippen LogP contribution in [0, 0.1) is 0 Å². The van der Waals surface area contributed by atoms with Crippen LogP contribution in [-0.2, 0) is 6.61 Å². The van der Waals surface area contributed by atoms with Crippen molar-refractivity contribution in [2.24, 2.45) is 0 Å². The van der Waals surface area contributed by atoms with E-state index < -0.39 is 5.97 Å². The largest absolute Gasteiger partial charge is 0.545 e. The Hall–Kier alpha value is -1.65. The number of aliphatic hydroxyl groups excluding tert-OH is 1. The van der Waals surface area contributed by atoms with Gasteiger partial charge in [-0.2, -0.15) is 0 Å². The second kappa shape index (κ2) is 5.33. The minimum Gasteiger partial charge on any atom is -0.545 e. The molecule has 2 aromatic carbocycles. The van der Waals surface area contributed by atoms with Crippen LogP contribution in [0.4, 0.5) is 0 Å². The third kappa shape index (κ3) is 2.44. The first-order chi connectivity index (χ1) is 8.63. The molecule has 3 nitrogen and oxygen atoms in total. The molecule has 2 aromatic rings. The Morgan fingerprint density at radius 1 is 1.17 bits per heavy atom. The summed E-state index contributed by atoms with van der Waals surface area (Å²) in [5.41, 5.74) is 2.26. The molecule has 0 aliphatic heterocycles. The maximum atomic E-state index is 11.1. The average molecular weight is 306 g/mol. The highest BCUT2D eigenvalue weighted by atomic mass is 79.9. The van der Waals surface area contributed by atoms with E-state index in [0.717, 1.165) is 15.6 Å². The first kappa shape index (κ1) is 12.8. The van der Waals surface area contributed by atoms with Gasteiger partial charge in [0.25, 0.3) is 0 Å². The Kier molecular flexibility index (Phi) is 3.79. The summed E-state index contributed by atoms with van der Waals surface area (Å²) in [5, 5.41) is 20.1. The average Bonchev–Trinajstić information content (AvgIpc) is 2.38. The molecular formula is C14H10BrO3-. The van der Waals surface area contributed by atoms with Crippen molar-refractivity contribution in [3.8, 4) is 11.1 Å². The van der Waals surface area contributed by atoms with Gasteiger partial charge in [-0.3, -0.25) is 0 Å². The molecular weight excluding hydrogens is 296 g/mol. The van der Waals surface area contributed by atoms with Crippen LogP contribution < -0.4 is 5.11 Å². The zero-order valence-corrected chi connectivity index (χ0v) is 11.0. The molecule has 0 saturated carbocycles. The molecule has 92 valence electrons. The molecule has 0 aliphatic rings. The van der Waals surface area contributed by atoms with Crippen LogP contribution in [0.2, 0.25) is 0 Å². The quantitative estimate of drug-likeness (QED) is 0.943. The molecule has 2 rings (SSSR count). The van der Waals surface area contributed by atoms with Gasteiger partial charge in [-0.1, -0.05) is 52.3 Å². The third-order valence-electron chi connectivity index (χ3n) is 2.65. The van der Waals surface area contributed by atoms with Gasteiger partial charge in [0.15, 0.2) is 0 Å². The molecule has 0 amide bonds. The van der Waals surface area contributed by atoms with E-state index in [1.165, 1.54) is 6.07 Å². The molecule has 4 heteroatoms. The smallest absolute Gasteiger partial charge is 0.0721 e. The second-order valence-electron chi connectivity index (χ2n) is 3.81. The van der Waals surface area contributed by atoms with Gasteiger partial charge in [0.2, 0.25) is 0 Å². The summed E-state index contributed by atoms with van der Waals surface area (Å²) in [5.74, 6) is -1.20. The first-order valence-corrected chi connectivity index (χ1v) is 6.13. The monoisotopic (exact) mass is 305 g/mol. The van der Waals surface area contributed by atoms with E-state index in [1.54, 1.807) is 36.4 Å². The molecule has 0 radical (unpaired) electrons. The van der Waals surface area contributed by atoms with Crippen LogP contribution in [0.25, 0.3) is 11.1 Å². The fourth-order valence-electron chi connectivity index (χ4n) is 1.77. The fraction of sp³-hybridized carbons (Fsp3) is 0.0714. The highest BCUT2D eigenvalue weighted by molar-refractivity contribution is 9.10. The number of hydrogen-bond acceptors (Lipinski definition) is 3. The van der Waals surface area contributed by atoms with Crippen molar-refractivity contribution in [3.05, 3.63) is 58.1 Å². The van der Waals surface area contributed by atoms with Crippen LogP contribution in [0.15, 0.2) is 46.9 Å². The molecule has 18 heavy (non-hydrogen) atoms. The summed E-state index contributed by atoms with van der Waals surface area (Å²) < 4.78 is 0.739. The zero-order valence-electron chi connectivity index (χ0n) is 9.39. The summed E-state index contributed by atoms with van der Waals surface area (Å²) in [4.78, 5) is 11.1. The topological polar surface area (TPSA) is 60.4 Å². The van der Waals surface area contributed by atoms with Gasteiger partial charge >= 0.3 is 0 Å². The Balaban J connectivity index is 2.59. The van der Waals surface area contributed by atoms with E-state index in [0.29, 0.717) is 5.56 Å². The van der Waals surface area contributed by atoms with Crippen molar-refractivity contribution in [1.29, 1.82) is 0 Å². The van der Waals surface area contributed by atoms with Crippen LogP contribution in [0.1, 0.15) is 15.9 Å². The molecule has 0 aliphatic carbocycles. The number of carboxylic acids is 1. The number of aliphatic hydroxyl groups is 1. The predicted octanol–water partition coefficient (Wildman–Crippen LogP) is 1.97. The van der Waals surface area contributed by atoms with Crippen LogP contribution in [0.3, 0.4) is 0 Å². The van der Waals surface area contributed by atoms with Gasteiger partial charge in [0, 0.05) is 10.0 Å². The number of benzene rings is 2. The highest BCUT2D eigenvalue weighted by Gasteiger charge is 2.09. The summed E-state index contributed by atoms with van der Waals surface area (Å²) in [7, 11) is 0. The molecule has 0 bridgehead atoms. The number of hydrogen-bond donors (Lipinski definition) is 1. The number of halogens is 1. The molecule has 0 unspecified atom stereocenters. The number of carbonyl (C=O) groups is 1. The van der Waals surface area contributed by atoms with Crippen LogP contribution in [-0.4, -0.2) is 11.1 Å². The van der Waals surface area contributed by atoms with Gasteiger partial charge in [0.05, 0.1) is 12.6 Å². The van der Waals surface area contributed by atoms with Crippen molar-refractivity contribution >= 4 is 21.9 Å². The Labute approximate surface area is 113 Å². The van der Waals surface area contributed by atoms with E-state index >= 15 is 0 Å². The van der Waals surface area contributed by atoms with Gasteiger partial charge < -0.3 is 15.0 Å². The summed E-state index contributed by atoms with van der Waals surface area (Å²) in [6.45, 7) is -0.0546. The highest BCUT2D eigenvalue weighted by Crippen LogP contribution is 2.31. The van der Waals surface area contributed by atoms with Crippen LogP contribution in [0.5, 0.6) is 0 Å². The second-order valence-corrected chi connectivity index (χ2v) is 4.66. The lowest BCUT2D eigenvalue weighted by Crippen LogP contribution is -2.22. The first-order valence-electron chi connectivity index (χ1n) is 5.33. The van der Waals surface area contributed by atoms with Crippen LogP contribution >= 0.6 is 15.9 Å². The van der Waals surface area contributed by atoms with Crippen molar-refractivity contribution in [2.45, 2.75) is 6.61 Å². The van der Waals surface area contributed by atoms with E-state index in [-0.39, 0.29) is 12.2 Å². The van der Waals surface area contributed by atoms with Gasteiger partial charge in [-0.15, -0.1) is 0 Å². The zero-order chi connectivity index (χ0) is 13.1. The van der Waals surface area contributed by atoms with Crippen molar-refractivity contribution in [1.82, 2.24) is 0 Å². The lowest BCUT2D eigenvalue weighted by atomic mass is 9.99. The molecule has 0 atom stereocenters. The maximum absolute atomic E-state index is 11.1. The summed E-state index contributed by atoms with van der Waals surface area (Å²) >= 11 is 3.38. The number of aromatic carboxylic acids is 1. The molecule has 0 fully saturated rings. The minimum atomic E-state index is -1.20. The Morgan fingerprint density at radius 3 is 2.50 bits per heavy atom. The SMILES string of the molecule is O=C([O-])c1ccccc1-c1ccc(CO)cc1Br. The fourth-order valence-corrected chi connectivity index (χ4v) is 2.41. The van der Waals surface area contributed by atoms with Crippen molar-refractivity contribution in [2.75, 3.05) is 0 Å². The van der Waals surface area contributed by atoms with Gasteiger partial charge in [-0.25, -0.2) is 0 Å². The van der Waals surface area contributed by atoms with Crippen molar-refractivity contribution in [3.63, 3.8) is 0 Å². The van der Waals surface area contributed by atoms with E-state index in [2.05, 4.69) is 15.9 Å². The summed E-state index contributed by atoms with van der Waals surface area (Å²) in [6, 6.07) is 12.0. The summed E-state index contributed by atoms with van der Waals surface area (Å²) in [6.07, 6.45) is 0. The third-order valence-corrected chi connectivity index (χ3v) is 3.31. The van der Waals surface area contributed by atoms with Gasteiger partial charge in [0.1, 0.15) is 0 Å². The normalized spacial score (nSPS) is 10.3. The Bertz CT molecular complexity index is 593. The van der Waals surface area contributed by atoms with Crippen molar-refractivity contribution < 1.29 is 15.0 Å². The number of carbonyl (C=O) groups excluding carboxylic acids is 1. The van der Waals surface area contributed by atoms with Gasteiger partial charge in [-0.05, 0) is 22.8 Å². The predicted molar refractivity (Wildman–Crippen MR) is 69.8 cm³/mol. The standard InChI is InChI=1S/C14H11BrO3/c15-13-7-9(8-16)5-6-11(13)10-3-1-2-4-12(10)14(17)18/h1-7,16H,8H2,(H,17,18)/p-1.